The number of halogens is 2. The van der Waals surface area contributed by atoms with E-state index in [4.69, 9.17) is 68.3 Å². The van der Waals surface area contributed by atoms with Gasteiger partial charge in [-0.3, -0.25) is 47.9 Å². The smallest absolute Gasteiger partial charge is 0.312 e. The highest BCUT2D eigenvalue weighted by molar-refractivity contribution is 6.02. The van der Waals surface area contributed by atoms with E-state index in [0.29, 0.717) is 129 Å². The molecule has 7 aliphatic rings. The molecule has 3 aromatic rings. The summed E-state index contributed by atoms with van der Waals surface area (Å²) < 4.78 is 106. The Kier molecular flexibility index (Phi) is 46.0. The van der Waals surface area contributed by atoms with Gasteiger partial charge in [0.05, 0.1) is 176 Å². The van der Waals surface area contributed by atoms with E-state index in [1.807, 2.05) is 55.5 Å². The van der Waals surface area contributed by atoms with Crippen LogP contribution in [-0.2, 0) is 107 Å². The number of primary amides is 1. The van der Waals surface area contributed by atoms with Crippen LogP contribution in [0.5, 0.6) is 5.75 Å². The molecule has 0 radical (unpaired) electrons. The maximum absolute atomic E-state index is 18.2. The summed E-state index contributed by atoms with van der Waals surface area (Å²) in [4.78, 5) is 150. The number of unbranched alkanes of at least 4 members (excludes halogenated alkanes) is 1. The normalized spacial score (nSPS) is 23.2. The Bertz CT molecular complexity index is 4860. The molecule has 0 aromatic heterocycles. The molecular formula is C104H152F2N13O24+. The zero-order valence-electron chi connectivity index (χ0n) is 84.3. The first kappa shape index (κ1) is 114. The number of ketones is 2. The van der Waals surface area contributed by atoms with E-state index in [0.717, 1.165) is 58.8 Å². The van der Waals surface area contributed by atoms with Gasteiger partial charge in [0.15, 0.2) is 23.3 Å². The minimum atomic E-state index is -2.40. The van der Waals surface area contributed by atoms with Crippen molar-refractivity contribution in [2.75, 3.05) is 190 Å². The molecule has 790 valence electrons. The van der Waals surface area contributed by atoms with Crippen molar-refractivity contribution in [1.82, 2.24) is 42.5 Å². The van der Waals surface area contributed by atoms with Gasteiger partial charge in [0.25, 0.3) is 0 Å². The number of para-hydroxylation sites is 1. The highest BCUT2D eigenvalue weighted by atomic mass is 19.1. The van der Waals surface area contributed by atoms with E-state index in [2.05, 4.69) is 80.8 Å². The van der Waals surface area contributed by atoms with Gasteiger partial charge in [0, 0.05) is 91.1 Å². The fourth-order valence-electron chi connectivity index (χ4n) is 19.6. The van der Waals surface area contributed by atoms with Gasteiger partial charge in [0.2, 0.25) is 53.0 Å². The maximum atomic E-state index is 18.2. The predicted octanol–water partition coefficient (Wildman–Crippen LogP) is 6.32. The van der Waals surface area contributed by atoms with Crippen LogP contribution in [0.1, 0.15) is 173 Å². The molecule has 0 bridgehead atoms. The number of nitrogens with one attached hydrogen (secondary N) is 9. The van der Waals surface area contributed by atoms with Crippen LogP contribution in [0.15, 0.2) is 108 Å². The molecule has 37 nitrogen and oxygen atoms in total. The molecule has 3 saturated carbocycles. The van der Waals surface area contributed by atoms with Gasteiger partial charge >= 0.3 is 6.03 Å². The van der Waals surface area contributed by atoms with Gasteiger partial charge in [-0.25, -0.2) is 13.6 Å². The fraction of sp³-hybridized carbons (Fsp3) is 0.644. The lowest BCUT2D eigenvalue weighted by atomic mass is 9.44. The predicted molar refractivity (Wildman–Crippen MR) is 527 cm³/mol. The van der Waals surface area contributed by atoms with Crippen LogP contribution in [0.2, 0.25) is 0 Å². The lowest BCUT2D eigenvalue weighted by Crippen LogP contribution is -2.71. The molecule has 2 aliphatic heterocycles. The Morgan fingerprint density at radius 3 is 1.88 bits per heavy atom. The number of hydrogen-bond acceptors (Lipinski definition) is 26. The number of carbonyl (C=O) groups is 11. The highest BCUT2D eigenvalue weighted by Crippen LogP contribution is 2.72. The standard InChI is InChI=1S/C104H151F2N13O24/c1-9-20-94-142-88-65-77-78-64-80(105)79-63-75(120)37-40-101(79,4)103(78,106)86(121)66-102(77,5)104(88,143-94)87(122)68-140-76-33-31-74(32-34-76)114-97(128)83(26-19-42-113-100(108)131)116-99(130)96(70(2)3)117-98(129)82(25-17-18-41-110-92(126)69-141-85-28-12-10-11-24-81(95(85)107)109-44-49-134-53-57-138-61-59-136-55-51-132-47-38-90(124)111-43-46-119(6,7)8)115-91(125)39-48-133-52-56-137-60-62-139-58-54-135-50-45-112-89(123)35-36-93(127)118-67-73-23-14-13-21-71(73)29-30-72-22-15-16-27-84(72)118/h13-16,21-23,27,31-34,37,40,63,70,77-78,80,82-83,85-86,88,94,96,109,121H,9-12,17-20,24-26,28,35-36,38-39,41-62,64-69,107H2,1-8H3,(H9-,108,110,111,112,113,114,115,116,117,123,124,125,126,128,129,130,131)/p+1/t77-,78-,80-,82+,83-,85?,86-,88+,94?,96-,101-,102-,103-,104+/m0/s1. The van der Waals surface area contributed by atoms with Crippen LogP contribution in [-0.4, -0.2) is 314 Å². The van der Waals surface area contributed by atoms with E-state index in [1.165, 1.54) is 43.3 Å². The first-order valence-electron chi connectivity index (χ1n) is 50.5. The van der Waals surface area contributed by atoms with Gasteiger partial charge in [-0.15, -0.1) is 0 Å². The summed E-state index contributed by atoms with van der Waals surface area (Å²) in [5.74, 6) is -0.426. The summed E-state index contributed by atoms with van der Waals surface area (Å²) in [7, 11) is 6.21. The number of urea groups is 1. The van der Waals surface area contributed by atoms with Gasteiger partial charge in [-0.2, -0.15) is 0 Å². The molecule has 5 aliphatic carbocycles. The largest absolute Gasteiger partial charge is 0.486 e. The first-order chi connectivity index (χ1) is 68.7. The molecule has 3 aromatic carbocycles. The first-order valence-corrected chi connectivity index (χ1v) is 50.5. The van der Waals surface area contributed by atoms with E-state index >= 15 is 13.6 Å². The second-order valence-corrected chi connectivity index (χ2v) is 39.0. The molecule has 1 saturated heterocycles. The number of hydrogen-bond donors (Lipinski definition) is 12. The third-order valence-electron chi connectivity index (χ3n) is 27.3. The molecule has 14 atom stereocenters. The summed E-state index contributed by atoms with van der Waals surface area (Å²) in [6.45, 7) is 14.9. The van der Waals surface area contributed by atoms with E-state index in [1.54, 1.807) is 25.7 Å². The second kappa shape index (κ2) is 57.5. The molecule has 143 heavy (non-hydrogen) atoms. The number of aliphatic hydroxyl groups is 1. The summed E-state index contributed by atoms with van der Waals surface area (Å²) in [6, 6.07) is 16.6. The molecular weight excluding hydrogens is 1850 g/mol. The Balaban J connectivity index is 0.674. The van der Waals surface area contributed by atoms with Crippen molar-refractivity contribution in [2.24, 2.45) is 40.1 Å². The zero-order chi connectivity index (χ0) is 103. The number of quaternary nitrogens is 1. The topological polar surface area (TPSA) is 482 Å². The summed E-state index contributed by atoms with van der Waals surface area (Å²) in [5.41, 5.74) is 9.82. The van der Waals surface area contributed by atoms with Crippen molar-refractivity contribution < 1.29 is 128 Å². The van der Waals surface area contributed by atoms with Crippen molar-refractivity contribution in [2.45, 2.75) is 223 Å². The Hall–Kier alpha value is -10.5. The number of nitrogens with two attached hydrogens (primary N) is 2. The molecule has 39 heteroatoms. The zero-order valence-corrected chi connectivity index (χ0v) is 84.3. The monoisotopic (exact) mass is 2010 g/mol. The fourth-order valence-corrected chi connectivity index (χ4v) is 19.6. The molecule has 14 N–H and O–H groups in total. The number of fused-ring (bicyclic) bond motifs is 9. The van der Waals surface area contributed by atoms with Crippen molar-refractivity contribution in [3.8, 4) is 17.6 Å². The van der Waals surface area contributed by atoms with Gasteiger partial charge < -0.3 is 131 Å². The summed E-state index contributed by atoms with van der Waals surface area (Å²) in [6.07, 6.45) is 3.64. The number of rotatable bonds is 63. The van der Waals surface area contributed by atoms with Crippen LogP contribution >= 0.6 is 0 Å². The lowest BCUT2D eigenvalue weighted by molar-refractivity contribution is -0.869. The molecule has 4 fully saturated rings. The Morgan fingerprint density at radius 1 is 0.622 bits per heavy atom. The number of Topliss-reactive ketones (excluding diaryl/α,β-unsaturated/α-hetero) is 1. The van der Waals surface area contributed by atoms with Crippen LogP contribution < -0.4 is 69.0 Å². The van der Waals surface area contributed by atoms with E-state index in [-0.39, 0.29) is 172 Å². The maximum Gasteiger partial charge on any atom is 0.312 e. The lowest BCUT2D eigenvalue weighted by Gasteiger charge is -2.63. The minimum absolute atomic E-state index is 0.000478. The van der Waals surface area contributed by atoms with Crippen molar-refractivity contribution in [1.29, 1.82) is 0 Å². The van der Waals surface area contributed by atoms with E-state index < -0.39 is 142 Å². The highest BCUT2D eigenvalue weighted by Gasteiger charge is 2.80. The third kappa shape index (κ3) is 33.5. The number of benzene rings is 3. The average Bonchev–Trinajstić information content (AvgIpc) is 1.53. The van der Waals surface area contributed by atoms with Crippen LogP contribution in [0.4, 0.5) is 25.0 Å². The number of aliphatic hydroxyl groups excluding tert-OH is 1. The van der Waals surface area contributed by atoms with Crippen molar-refractivity contribution >= 4 is 76.2 Å². The number of amides is 10. The van der Waals surface area contributed by atoms with Gasteiger partial charge in [0.1, 0.15) is 43.3 Å². The summed E-state index contributed by atoms with van der Waals surface area (Å²) >= 11 is 0. The van der Waals surface area contributed by atoms with Crippen molar-refractivity contribution in [3.63, 3.8) is 0 Å². The molecule has 2 heterocycles. The molecule has 10 amide bonds. The quantitative estimate of drug-likeness (QED) is 0.0167. The Morgan fingerprint density at radius 2 is 1.22 bits per heavy atom. The molecule has 0 spiro atoms. The number of nitrogens with zero attached hydrogens (tertiary/aromatic N) is 2. The second-order valence-electron chi connectivity index (χ2n) is 39.0. The third-order valence-corrected chi connectivity index (χ3v) is 27.3. The van der Waals surface area contributed by atoms with E-state index in [9.17, 15) is 53.1 Å². The number of alkyl halides is 2. The van der Waals surface area contributed by atoms with Gasteiger partial charge in [-0.05, 0) is 162 Å². The van der Waals surface area contributed by atoms with Crippen LogP contribution in [0.25, 0.3) is 0 Å². The minimum Gasteiger partial charge on any atom is -0.486 e. The number of anilines is 2. The number of allylic oxidation sites excluding steroid dienone is 5. The molecule has 2 unspecified atom stereocenters. The number of carbonyl (C=O) groups excluding carboxylic acids is 11. The van der Waals surface area contributed by atoms with Crippen LogP contribution in [0, 0.1) is 40.4 Å². The number of likely N-dealkylation sites (N-methyl/N-ethyl adjacent to an activating group) is 1. The van der Waals surface area contributed by atoms with Crippen LogP contribution in [0.3, 0.4) is 0 Å². The Labute approximate surface area is 837 Å². The van der Waals surface area contributed by atoms with Gasteiger partial charge in [-0.1, -0.05) is 95.2 Å². The summed E-state index contributed by atoms with van der Waals surface area (Å²) in [5, 5.41) is 37.8. The molecule has 10 rings (SSSR count). The average molecular weight is 2010 g/mol. The van der Waals surface area contributed by atoms with Crippen molar-refractivity contribution in [3.05, 3.63) is 125 Å². The SMILES string of the molecule is CCCC1O[C@@H]2C[C@H]3[C@@H]4C[C@H](F)C5=CC(=O)C=C[C@]5(C)[C@@]4(F)[C@@H](O)C[C@]3(C)[C@]2(C(=O)COc2ccc(NC(=O)[C@H](CCCNC(N)=O)NC(=O)[C@@H](NC(=O)[C@@H](CCCCNC(=O)COC3CCCCCC(NCCOCCOCCOCCOCCC(=O)NCC[N+](C)(C)C)=C3N)NC(=O)CCOCCOCCOCCOCCNC(=O)CCC(=O)N3Cc4ccccc4C#Cc4ccccc43)C(C)C)cc2)O1. The number of ether oxygens (including phenoxy) is 12.